The van der Waals surface area contributed by atoms with E-state index in [1.165, 1.54) is 12.1 Å². The molecular formula is C11H12N4O3. The molecule has 0 spiro atoms. The predicted octanol–water partition coefficient (Wildman–Crippen LogP) is 1.50. The molecule has 0 aliphatic carbocycles. The molecule has 0 aliphatic rings. The zero-order valence-electron chi connectivity index (χ0n) is 9.81. The lowest BCUT2D eigenvalue weighted by atomic mass is 10.2. The van der Waals surface area contributed by atoms with Crippen LogP contribution in [-0.4, -0.2) is 33.4 Å². The minimum Gasteiger partial charge on any atom is -0.383 e. The number of methoxy groups -OCH3 is 1. The van der Waals surface area contributed by atoms with Gasteiger partial charge in [0, 0.05) is 24.8 Å². The van der Waals surface area contributed by atoms with Crippen molar-refractivity contribution in [1.82, 2.24) is 14.8 Å². The molecule has 7 nitrogen and oxygen atoms in total. The van der Waals surface area contributed by atoms with Crippen LogP contribution in [0.3, 0.4) is 0 Å². The predicted molar refractivity (Wildman–Crippen MR) is 64.0 cm³/mol. The number of nitro groups is 1. The van der Waals surface area contributed by atoms with Gasteiger partial charge < -0.3 is 4.74 Å². The number of benzene rings is 1. The Morgan fingerprint density at radius 1 is 1.50 bits per heavy atom. The maximum Gasteiger partial charge on any atom is 0.270 e. The Bertz CT molecular complexity index is 553. The molecule has 1 heterocycles. The minimum absolute atomic E-state index is 0.0285. The summed E-state index contributed by atoms with van der Waals surface area (Å²) < 4.78 is 6.57. The van der Waals surface area contributed by atoms with Crippen molar-refractivity contribution in [3.8, 4) is 11.4 Å². The van der Waals surface area contributed by atoms with Gasteiger partial charge in [-0.15, -0.1) is 0 Å². The first kappa shape index (κ1) is 12.2. The lowest BCUT2D eigenvalue weighted by Gasteiger charge is -1.98. The van der Waals surface area contributed by atoms with Gasteiger partial charge in [0.15, 0.2) is 5.82 Å². The summed E-state index contributed by atoms with van der Waals surface area (Å²) >= 11 is 0. The van der Waals surface area contributed by atoms with Crippen molar-refractivity contribution in [3.63, 3.8) is 0 Å². The van der Waals surface area contributed by atoms with Crippen molar-refractivity contribution in [2.75, 3.05) is 13.7 Å². The summed E-state index contributed by atoms with van der Waals surface area (Å²) in [7, 11) is 1.61. The zero-order valence-corrected chi connectivity index (χ0v) is 9.81. The summed E-state index contributed by atoms with van der Waals surface area (Å²) in [4.78, 5) is 14.3. The lowest BCUT2D eigenvalue weighted by molar-refractivity contribution is -0.384. The standard InChI is InChI=1S/C11H12N4O3/c1-18-6-5-14-8-12-11(13-14)9-3-2-4-10(7-9)15(16)17/h2-4,7-8H,5-6H2,1H3. The van der Waals surface area contributed by atoms with E-state index >= 15 is 0 Å². The normalized spacial score (nSPS) is 10.5. The quantitative estimate of drug-likeness (QED) is 0.591. The number of ether oxygens (including phenoxy) is 1. The van der Waals surface area contributed by atoms with Crippen molar-refractivity contribution >= 4 is 5.69 Å². The van der Waals surface area contributed by atoms with Gasteiger partial charge in [-0.05, 0) is 0 Å². The molecule has 0 bridgehead atoms. The number of rotatable bonds is 5. The number of hydrogen-bond acceptors (Lipinski definition) is 5. The van der Waals surface area contributed by atoms with Crippen molar-refractivity contribution in [2.24, 2.45) is 0 Å². The highest BCUT2D eigenvalue weighted by atomic mass is 16.6. The largest absolute Gasteiger partial charge is 0.383 e. The van der Waals surface area contributed by atoms with E-state index in [0.29, 0.717) is 24.5 Å². The molecule has 1 aromatic carbocycles. The second-order valence-corrected chi connectivity index (χ2v) is 3.63. The third kappa shape index (κ3) is 2.69. The molecule has 0 aliphatic heterocycles. The Hall–Kier alpha value is -2.28. The molecule has 0 saturated carbocycles. The van der Waals surface area contributed by atoms with Gasteiger partial charge in [0.1, 0.15) is 6.33 Å². The number of hydrogen-bond donors (Lipinski definition) is 0. The van der Waals surface area contributed by atoms with E-state index in [4.69, 9.17) is 4.74 Å². The number of non-ortho nitro benzene ring substituents is 1. The third-order valence-electron chi connectivity index (χ3n) is 2.38. The molecule has 0 radical (unpaired) electrons. The second-order valence-electron chi connectivity index (χ2n) is 3.63. The molecule has 0 fully saturated rings. The molecule has 0 N–H and O–H groups in total. The molecule has 1 aromatic heterocycles. The summed E-state index contributed by atoms with van der Waals surface area (Å²) in [5, 5.41) is 14.9. The van der Waals surface area contributed by atoms with Gasteiger partial charge in [-0.1, -0.05) is 12.1 Å². The van der Waals surface area contributed by atoms with Crippen LogP contribution in [0.25, 0.3) is 11.4 Å². The van der Waals surface area contributed by atoms with Crippen LogP contribution < -0.4 is 0 Å². The molecule has 7 heteroatoms. The van der Waals surface area contributed by atoms with Crippen molar-refractivity contribution in [1.29, 1.82) is 0 Å². The Labute approximate surface area is 103 Å². The average Bonchev–Trinajstić information content (AvgIpc) is 2.85. The number of nitro benzene ring substituents is 1. The van der Waals surface area contributed by atoms with Gasteiger partial charge in [-0.25, -0.2) is 4.98 Å². The van der Waals surface area contributed by atoms with Gasteiger partial charge in [0.05, 0.1) is 18.1 Å². The van der Waals surface area contributed by atoms with Gasteiger partial charge >= 0.3 is 0 Å². The van der Waals surface area contributed by atoms with E-state index in [2.05, 4.69) is 10.1 Å². The molecule has 0 unspecified atom stereocenters. The minimum atomic E-state index is -0.439. The van der Waals surface area contributed by atoms with E-state index in [9.17, 15) is 10.1 Å². The fraction of sp³-hybridized carbons (Fsp3) is 0.273. The van der Waals surface area contributed by atoms with Gasteiger partial charge in [-0.3, -0.25) is 14.8 Å². The highest BCUT2D eigenvalue weighted by molar-refractivity contribution is 5.58. The van der Waals surface area contributed by atoms with E-state index in [-0.39, 0.29) is 5.69 Å². The smallest absolute Gasteiger partial charge is 0.270 e. The van der Waals surface area contributed by atoms with Gasteiger partial charge in [-0.2, -0.15) is 5.10 Å². The highest BCUT2D eigenvalue weighted by Gasteiger charge is 2.10. The summed E-state index contributed by atoms with van der Waals surface area (Å²) in [5.41, 5.74) is 0.654. The Balaban J connectivity index is 2.23. The zero-order chi connectivity index (χ0) is 13.0. The molecule has 0 atom stereocenters. The number of nitrogens with zero attached hydrogens (tertiary/aromatic N) is 4. The molecule has 2 aromatic rings. The monoisotopic (exact) mass is 248 g/mol. The Morgan fingerprint density at radius 2 is 2.33 bits per heavy atom. The fourth-order valence-corrected chi connectivity index (χ4v) is 1.48. The maximum atomic E-state index is 10.7. The van der Waals surface area contributed by atoms with Crippen LogP contribution in [0.15, 0.2) is 30.6 Å². The second kappa shape index (κ2) is 5.37. The van der Waals surface area contributed by atoms with Crippen LogP contribution in [0.1, 0.15) is 0 Å². The highest BCUT2D eigenvalue weighted by Crippen LogP contribution is 2.20. The van der Waals surface area contributed by atoms with Crippen LogP contribution in [0.4, 0.5) is 5.69 Å². The molecule has 94 valence electrons. The van der Waals surface area contributed by atoms with Crippen LogP contribution in [0, 0.1) is 10.1 Å². The summed E-state index contributed by atoms with van der Waals surface area (Å²) in [6.45, 7) is 1.14. The van der Waals surface area contributed by atoms with Crippen molar-refractivity contribution < 1.29 is 9.66 Å². The molecule has 0 saturated heterocycles. The van der Waals surface area contributed by atoms with E-state index in [1.807, 2.05) is 0 Å². The maximum absolute atomic E-state index is 10.7. The van der Waals surface area contributed by atoms with Crippen LogP contribution in [0.2, 0.25) is 0 Å². The van der Waals surface area contributed by atoms with Crippen LogP contribution in [-0.2, 0) is 11.3 Å². The third-order valence-corrected chi connectivity index (χ3v) is 2.38. The van der Waals surface area contributed by atoms with E-state index in [1.54, 1.807) is 30.3 Å². The Morgan fingerprint density at radius 3 is 3.06 bits per heavy atom. The first-order valence-corrected chi connectivity index (χ1v) is 5.34. The van der Waals surface area contributed by atoms with Crippen LogP contribution in [0.5, 0.6) is 0 Å². The first-order valence-electron chi connectivity index (χ1n) is 5.34. The average molecular weight is 248 g/mol. The number of aromatic nitrogens is 3. The Kier molecular flexibility index (Phi) is 3.63. The van der Waals surface area contributed by atoms with Crippen molar-refractivity contribution in [3.05, 3.63) is 40.7 Å². The van der Waals surface area contributed by atoms with E-state index < -0.39 is 4.92 Å². The van der Waals surface area contributed by atoms with E-state index in [0.717, 1.165) is 0 Å². The fourth-order valence-electron chi connectivity index (χ4n) is 1.48. The molecule has 18 heavy (non-hydrogen) atoms. The summed E-state index contributed by atoms with van der Waals surface area (Å²) in [6.07, 6.45) is 1.58. The SMILES string of the molecule is COCCn1cnc(-c2cccc([N+](=O)[O-])c2)n1. The summed E-state index contributed by atoms with van der Waals surface area (Å²) in [6, 6.07) is 6.24. The topological polar surface area (TPSA) is 83.1 Å². The molecule has 0 amide bonds. The molecule has 2 rings (SSSR count). The van der Waals surface area contributed by atoms with Gasteiger partial charge in [0.25, 0.3) is 5.69 Å². The summed E-state index contributed by atoms with van der Waals surface area (Å²) in [5.74, 6) is 0.467. The van der Waals surface area contributed by atoms with Gasteiger partial charge in [0.2, 0.25) is 0 Å². The van der Waals surface area contributed by atoms with Crippen molar-refractivity contribution in [2.45, 2.75) is 6.54 Å². The molecular weight excluding hydrogens is 236 g/mol. The first-order chi connectivity index (χ1) is 8.70. The van der Waals surface area contributed by atoms with Crippen LogP contribution >= 0.6 is 0 Å². The lowest BCUT2D eigenvalue weighted by Crippen LogP contribution is -2.04.